The Morgan fingerprint density at radius 1 is 1.50 bits per heavy atom. The van der Waals surface area contributed by atoms with Crippen LogP contribution in [0.5, 0.6) is 5.75 Å². The van der Waals surface area contributed by atoms with Crippen LogP contribution in [0.4, 0.5) is 8.78 Å². The Morgan fingerprint density at radius 2 is 2.14 bits per heavy atom. The van der Waals surface area contributed by atoms with E-state index in [1.165, 1.54) is 0 Å². The third-order valence-electron chi connectivity index (χ3n) is 1.71. The van der Waals surface area contributed by atoms with Gasteiger partial charge in [-0.1, -0.05) is 0 Å². The number of rotatable bonds is 3. The van der Waals surface area contributed by atoms with Gasteiger partial charge in [0.15, 0.2) is 11.6 Å². The van der Waals surface area contributed by atoms with Gasteiger partial charge in [-0.05, 0) is 22.0 Å². The predicted molar refractivity (Wildman–Crippen MR) is 49.6 cm³/mol. The predicted octanol–water partition coefficient (Wildman–Crippen LogP) is 1.87. The van der Waals surface area contributed by atoms with Crippen molar-refractivity contribution in [3.63, 3.8) is 0 Å². The van der Waals surface area contributed by atoms with E-state index < -0.39 is 17.4 Å². The largest absolute Gasteiger partial charge is 0.505 e. The maximum atomic E-state index is 13.3. The van der Waals surface area contributed by atoms with Crippen molar-refractivity contribution in [1.29, 1.82) is 0 Å². The van der Waals surface area contributed by atoms with E-state index in [4.69, 9.17) is 5.90 Å². The maximum Gasteiger partial charge on any atom is 0.166 e. The molecule has 0 bridgehead atoms. The van der Waals surface area contributed by atoms with Crippen LogP contribution >= 0.6 is 15.9 Å². The Balaban J connectivity index is 3.11. The van der Waals surface area contributed by atoms with Gasteiger partial charge < -0.3 is 9.94 Å². The highest BCUT2D eigenvalue weighted by molar-refractivity contribution is 9.10. The average molecular weight is 268 g/mol. The van der Waals surface area contributed by atoms with Crippen molar-refractivity contribution >= 4 is 15.9 Å². The van der Waals surface area contributed by atoms with Gasteiger partial charge in [-0.2, -0.15) is 0 Å². The van der Waals surface area contributed by atoms with Crippen LogP contribution < -0.4 is 5.90 Å². The van der Waals surface area contributed by atoms with Crippen LogP contribution in [0.1, 0.15) is 5.56 Å². The number of hydrogen-bond donors (Lipinski definition) is 2. The minimum absolute atomic E-state index is 0.000370. The maximum absolute atomic E-state index is 13.3. The highest BCUT2D eigenvalue weighted by Crippen LogP contribution is 2.30. The first kappa shape index (κ1) is 11.4. The van der Waals surface area contributed by atoms with Gasteiger partial charge in [-0.15, -0.1) is 0 Å². The summed E-state index contributed by atoms with van der Waals surface area (Å²) in [7, 11) is 0. The van der Waals surface area contributed by atoms with Gasteiger partial charge in [-0.3, -0.25) is 0 Å². The summed E-state index contributed by atoms with van der Waals surface area (Å²) < 4.78 is 26.2. The Bertz CT molecular complexity index is 320. The van der Waals surface area contributed by atoms with Crippen LogP contribution in [0.25, 0.3) is 0 Å². The normalized spacial score (nSPS) is 10.6. The molecule has 0 fully saturated rings. The van der Waals surface area contributed by atoms with Crippen LogP contribution in [0, 0.1) is 11.6 Å². The summed E-state index contributed by atoms with van der Waals surface area (Å²) in [4.78, 5) is 4.22. The molecule has 0 heterocycles. The lowest BCUT2D eigenvalue weighted by Gasteiger charge is -2.07. The molecule has 0 unspecified atom stereocenters. The summed E-state index contributed by atoms with van der Waals surface area (Å²) in [5.74, 6) is 2.45. The molecule has 0 aromatic heterocycles. The molecule has 0 aliphatic carbocycles. The van der Waals surface area contributed by atoms with E-state index in [0.29, 0.717) is 0 Å². The molecule has 6 heteroatoms. The van der Waals surface area contributed by atoms with Crippen LogP contribution in [0.2, 0.25) is 0 Å². The molecule has 78 valence electrons. The van der Waals surface area contributed by atoms with Gasteiger partial charge in [-0.25, -0.2) is 14.7 Å². The number of phenolic OH excluding ortho intramolecular Hbond substituents is 1. The topological polar surface area (TPSA) is 55.5 Å². The summed E-state index contributed by atoms with van der Waals surface area (Å²) in [6.45, 7) is 0.000370. The second kappa shape index (κ2) is 4.68. The molecule has 0 atom stereocenters. The van der Waals surface area contributed by atoms with E-state index in [0.717, 1.165) is 6.07 Å². The molecular weight excluding hydrogens is 260 g/mol. The molecule has 3 N–H and O–H groups in total. The van der Waals surface area contributed by atoms with Crippen molar-refractivity contribution in [2.45, 2.75) is 6.42 Å². The molecule has 0 saturated heterocycles. The van der Waals surface area contributed by atoms with Crippen molar-refractivity contribution in [3.05, 3.63) is 27.7 Å². The fourth-order valence-electron chi connectivity index (χ4n) is 1.02. The van der Waals surface area contributed by atoms with Gasteiger partial charge in [0.1, 0.15) is 5.82 Å². The van der Waals surface area contributed by atoms with E-state index in [2.05, 4.69) is 20.8 Å². The zero-order chi connectivity index (χ0) is 10.7. The molecule has 0 radical (unpaired) electrons. The molecule has 0 aliphatic rings. The van der Waals surface area contributed by atoms with Crippen LogP contribution in [-0.2, 0) is 11.3 Å². The molecule has 1 aromatic carbocycles. The third kappa shape index (κ3) is 2.20. The monoisotopic (exact) mass is 267 g/mol. The van der Waals surface area contributed by atoms with Crippen molar-refractivity contribution in [2.75, 3.05) is 6.61 Å². The molecule has 1 aromatic rings. The van der Waals surface area contributed by atoms with E-state index in [1.54, 1.807) is 0 Å². The smallest absolute Gasteiger partial charge is 0.166 e. The molecule has 0 amide bonds. The molecule has 0 spiro atoms. The van der Waals surface area contributed by atoms with Gasteiger partial charge in [0, 0.05) is 12.0 Å². The van der Waals surface area contributed by atoms with E-state index in [1.807, 2.05) is 0 Å². The lowest BCUT2D eigenvalue weighted by Crippen LogP contribution is -2.06. The van der Waals surface area contributed by atoms with Crippen LogP contribution in [0.3, 0.4) is 0 Å². The van der Waals surface area contributed by atoms with Crippen molar-refractivity contribution in [3.8, 4) is 5.75 Å². The van der Waals surface area contributed by atoms with E-state index in [9.17, 15) is 13.9 Å². The fourth-order valence-corrected chi connectivity index (χ4v) is 1.46. The highest BCUT2D eigenvalue weighted by atomic mass is 79.9. The molecule has 0 aliphatic heterocycles. The third-order valence-corrected chi connectivity index (χ3v) is 2.29. The zero-order valence-electron chi connectivity index (χ0n) is 7.06. The highest BCUT2D eigenvalue weighted by Gasteiger charge is 2.16. The first-order valence-electron chi connectivity index (χ1n) is 3.75. The van der Waals surface area contributed by atoms with Crippen LogP contribution in [0.15, 0.2) is 10.5 Å². The standard InChI is InChI=1S/C8H8BrF2NO2/c9-5-3-6(10)8(13)4(7(5)11)1-2-14-12/h3,13H,1-2,12H2. The van der Waals surface area contributed by atoms with Gasteiger partial charge in [0.05, 0.1) is 11.1 Å². The van der Waals surface area contributed by atoms with Crippen molar-refractivity contribution in [2.24, 2.45) is 5.90 Å². The Morgan fingerprint density at radius 3 is 2.71 bits per heavy atom. The van der Waals surface area contributed by atoms with Gasteiger partial charge in [0.2, 0.25) is 0 Å². The molecular formula is C8H8BrF2NO2. The minimum atomic E-state index is -0.884. The zero-order valence-corrected chi connectivity index (χ0v) is 8.64. The van der Waals surface area contributed by atoms with Gasteiger partial charge in [0.25, 0.3) is 0 Å². The number of aromatic hydroxyl groups is 1. The molecule has 3 nitrogen and oxygen atoms in total. The van der Waals surface area contributed by atoms with E-state index >= 15 is 0 Å². The van der Waals surface area contributed by atoms with Crippen molar-refractivity contribution in [1.82, 2.24) is 0 Å². The average Bonchev–Trinajstić information content (AvgIpc) is 2.15. The SMILES string of the molecule is NOCCc1c(O)c(F)cc(Br)c1F. The van der Waals surface area contributed by atoms with E-state index in [-0.39, 0.29) is 23.1 Å². The number of benzene rings is 1. The Kier molecular flexibility index (Phi) is 3.79. The van der Waals surface area contributed by atoms with Crippen molar-refractivity contribution < 1.29 is 18.7 Å². The Labute approximate surface area is 87.6 Å². The fraction of sp³-hybridized carbons (Fsp3) is 0.250. The molecule has 1 rings (SSSR count). The number of hydrogen-bond acceptors (Lipinski definition) is 3. The Hall–Kier alpha value is -0.720. The quantitative estimate of drug-likeness (QED) is 0.650. The first-order valence-corrected chi connectivity index (χ1v) is 4.54. The molecule has 0 saturated carbocycles. The number of phenols is 1. The van der Waals surface area contributed by atoms with Gasteiger partial charge >= 0.3 is 0 Å². The molecule has 14 heavy (non-hydrogen) atoms. The summed E-state index contributed by atoms with van der Waals surface area (Å²) in [6, 6.07) is 0.859. The minimum Gasteiger partial charge on any atom is -0.505 e. The summed E-state index contributed by atoms with van der Waals surface area (Å²) in [5, 5.41) is 9.20. The lowest BCUT2D eigenvalue weighted by atomic mass is 10.1. The summed E-state index contributed by atoms with van der Waals surface area (Å²) >= 11 is 2.82. The lowest BCUT2D eigenvalue weighted by molar-refractivity contribution is 0.140. The number of nitrogens with two attached hydrogens (primary N) is 1. The number of halogens is 3. The second-order valence-electron chi connectivity index (χ2n) is 2.60. The van der Waals surface area contributed by atoms with Crippen LogP contribution in [-0.4, -0.2) is 11.7 Å². The summed E-state index contributed by atoms with van der Waals surface area (Å²) in [6.07, 6.45) is 0.00449. The second-order valence-corrected chi connectivity index (χ2v) is 3.46. The first-order chi connectivity index (χ1) is 6.57. The summed E-state index contributed by atoms with van der Waals surface area (Å²) in [5.41, 5.74) is -0.151.